The zero-order chi connectivity index (χ0) is 23.0. The number of aromatic nitrogens is 3. The molecule has 3 heterocycles. The minimum atomic E-state index is -0.410. The fraction of sp³-hybridized carbons (Fsp3) is 0.391. The highest BCUT2D eigenvalue weighted by molar-refractivity contribution is 5.92. The molecule has 0 aliphatic carbocycles. The van der Waals surface area contributed by atoms with Gasteiger partial charge in [0.05, 0.1) is 22.3 Å². The number of carbonyl (C=O) groups is 1. The second kappa shape index (κ2) is 8.58. The van der Waals surface area contributed by atoms with Gasteiger partial charge in [0.25, 0.3) is 11.5 Å². The molecular weight excluding hydrogens is 408 g/mol. The smallest absolute Gasteiger partial charge is 0.328 e. The molecule has 1 aliphatic heterocycles. The van der Waals surface area contributed by atoms with Crippen LogP contribution in [0.1, 0.15) is 34.7 Å². The van der Waals surface area contributed by atoms with E-state index in [0.717, 1.165) is 47.7 Å². The summed E-state index contributed by atoms with van der Waals surface area (Å²) in [6.07, 6.45) is 0. The lowest BCUT2D eigenvalue weighted by molar-refractivity contribution is 0.0958. The van der Waals surface area contributed by atoms with Gasteiger partial charge in [-0.1, -0.05) is 6.07 Å². The number of benzene rings is 1. The van der Waals surface area contributed by atoms with Gasteiger partial charge in [0, 0.05) is 46.3 Å². The molecule has 0 radical (unpaired) electrons. The van der Waals surface area contributed by atoms with Crippen LogP contribution < -0.4 is 21.5 Å². The zero-order valence-electron chi connectivity index (χ0n) is 18.8. The van der Waals surface area contributed by atoms with Crippen molar-refractivity contribution in [2.45, 2.75) is 19.9 Å². The Balaban J connectivity index is 1.49. The van der Waals surface area contributed by atoms with E-state index >= 15 is 0 Å². The SMILES string of the molecule is CNC(=O)c1ccc(N2CCN(C(C)c3ccc4c(=O)n(C)c(=O)[nH]c4c3)CC2)c(C)n1. The minimum absolute atomic E-state index is 0.143. The molecule has 1 aromatic carbocycles. The van der Waals surface area contributed by atoms with Crippen molar-refractivity contribution in [3.05, 3.63) is 68.1 Å². The van der Waals surface area contributed by atoms with E-state index in [4.69, 9.17) is 0 Å². The standard InChI is InChI=1S/C23H28N6O3/c1-14-20(8-7-18(25-14)21(30)24-3)29-11-9-28(10-12-29)15(2)16-5-6-17-19(13-16)26-23(32)27(4)22(17)31/h5-8,13,15H,9-12H2,1-4H3,(H,24,30)(H,26,32). The average molecular weight is 437 g/mol. The summed E-state index contributed by atoms with van der Waals surface area (Å²) >= 11 is 0. The Morgan fingerprint density at radius 3 is 2.50 bits per heavy atom. The number of pyridine rings is 1. The van der Waals surface area contributed by atoms with Crippen molar-refractivity contribution in [2.24, 2.45) is 7.05 Å². The van der Waals surface area contributed by atoms with Crippen LogP contribution in [-0.4, -0.2) is 58.6 Å². The quantitative estimate of drug-likeness (QED) is 0.637. The summed E-state index contributed by atoms with van der Waals surface area (Å²) in [5.74, 6) is -0.187. The molecule has 1 aliphatic rings. The van der Waals surface area contributed by atoms with E-state index in [1.807, 2.05) is 25.1 Å². The first-order valence-corrected chi connectivity index (χ1v) is 10.7. The lowest BCUT2D eigenvalue weighted by Crippen LogP contribution is -2.47. The first kappa shape index (κ1) is 21.8. The monoisotopic (exact) mass is 436 g/mol. The van der Waals surface area contributed by atoms with E-state index in [1.165, 1.54) is 7.05 Å². The molecule has 9 heteroatoms. The van der Waals surface area contributed by atoms with Gasteiger partial charge in [0.15, 0.2) is 0 Å². The van der Waals surface area contributed by atoms with Gasteiger partial charge in [-0.2, -0.15) is 0 Å². The number of hydrogen-bond donors (Lipinski definition) is 2. The second-order valence-corrected chi connectivity index (χ2v) is 8.18. The summed E-state index contributed by atoms with van der Waals surface area (Å²) in [7, 11) is 3.07. The van der Waals surface area contributed by atoms with Crippen molar-refractivity contribution in [3.63, 3.8) is 0 Å². The largest absolute Gasteiger partial charge is 0.368 e. The van der Waals surface area contributed by atoms with E-state index in [9.17, 15) is 14.4 Å². The number of amides is 1. The maximum atomic E-state index is 12.3. The normalized spacial score (nSPS) is 15.7. The van der Waals surface area contributed by atoms with Crippen molar-refractivity contribution >= 4 is 22.5 Å². The third kappa shape index (κ3) is 3.91. The van der Waals surface area contributed by atoms with Gasteiger partial charge in [-0.25, -0.2) is 9.78 Å². The Hall–Kier alpha value is -3.46. The molecular formula is C23H28N6O3. The Labute approximate surface area is 185 Å². The fourth-order valence-corrected chi connectivity index (χ4v) is 4.29. The van der Waals surface area contributed by atoms with E-state index in [-0.39, 0.29) is 17.5 Å². The number of H-pyrrole nitrogens is 1. The molecule has 32 heavy (non-hydrogen) atoms. The summed E-state index contributed by atoms with van der Waals surface area (Å²) in [4.78, 5) is 48.0. The maximum Gasteiger partial charge on any atom is 0.328 e. The van der Waals surface area contributed by atoms with E-state index in [0.29, 0.717) is 16.6 Å². The van der Waals surface area contributed by atoms with Crippen LogP contribution >= 0.6 is 0 Å². The number of aromatic amines is 1. The number of aryl methyl sites for hydroxylation is 1. The number of carbonyl (C=O) groups excluding carboxylic acids is 1. The lowest BCUT2D eigenvalue weighted by Gasteiger charge is -2.39. The highest BCUT2D eigenvalue weighted by Crippen LogP contribution is 2.26. The van der Waals surface area contributed by atoms with Crippen molar-refractivity contribution in [1.29, 1.82) is 0 Å². The number of anilines is 1. The molecule has 3 aromatic rings. The third-order valence-electron chi connectivity index (χ3n) is 6.33. The van der Waals surface area contributed by atoms with Gasteiger partial charge in [0.2, 0.25) is 0 Å². The highest BCUT2D eigenvalue weighted by Gasteiger charge is 2.24. The highest BCUT2D eigenvalue weighted by atomic mass is 16.2. The predicted octanol–water partition coefficient (Wildman–Crippen LogP) is 1.17. The van der Waals surface area contributed by atoms with Gasteiger partial charge in [0.1, 0.15) is 5.69 Å². The topological polar surface area (TPSA) is 103 Å². The first-order chi connectivity index (χ1) is 15.3. The average Bonchev–Trinajstić information content (AvgIpc) is 2.81. The number of rotatable bonds is 4. The summed E-state index contributed by atoms with van der Waals surface area (Å²) in [6, 6.07) is 9.52. The Bertz CT molecular complexity index is 1290. The van der Waals surface area contributed by atoms with Crippen LogP contribution in [0.5, 0.6) is 0 Å². The fourth-order valence-electron chi connectivity index (χ4n) is 4.29. The Kier molecular flexibility index (Phi) is 5.84. The Morgan fingerprint density at radius 1 is 1.12 bits per heavy atom. The molecule has 168 valence electrons. The third-order valence-corrected chi connectivity index (χ3v) is 6.33. The van der Waals surface area contributed by atoms with Crippen LogP contribution in [0.25, 0.3) is 10.9 Å². The molecule has 4 rings (SSSR count). The van der Waals surface area contributed by atoms with Crippen molar-refractivity contribution < 1.29 is 4.79 Å². The number of hydrogen-bond acceptors (Lipinski definition) is 6. The summed E-state index contributed by atoms with van der Waals surface area (Å²) in [5, 5.41) is 3.11. The molecule has 1 amide bonds. The van der Waals surface area contributed by atoms with Gasteiger partial charge in [-0.05, 0) is 43.7 Å². The molecule has 0 saturated carbocycles. The number of fused-ring (bicyclic) bond motifs is 1. The van der Waals surface area contributed by atoms with Crippen LogP contribution in [0.15, 0.2) is 39.9 Å². The van der Waals surface area contributed by atoms with Crippen LogP contribution in [0.4, 0.5) is 5.69 Å². The number of nitrogens with one attached hydrogen (secondary N) is 2. The van der Waals surface area contributed by atoms with E-state index in [2.05, 4.69) is 32.0 Å². The van der Waals surface area contributed by atoms with Crippen LogP contribution in [-0.2, 0) is 7.05 Å². The minimum Gasteiger partial charge on any atom is -0.368 e. The van der Waals surface area contributed by atoms with Crippen LogP contribution in [0, 0.1) is 6.92 Å². The summed E-state index contributed by atoms with van der Waals surface area (Å²) in [5.41, 5.74) is 3.24. The molecule has 1 saturated heterocycles. The van der Waals surface area contributed by atoms with Crippen LogP contribution in [0.3, 0.4) is 0 Å². The molecule has 9 nitrogen and oxygen atoms in total. The van der Waals surface area contributed by atoms with Crippen molar-refractivity contribution in [3.8, 4) is 0 Å². The maximum absolute atomic E-state index is 12.3. The summed E-state index contributed by atoms with van der Waals surface area (Å²) < 4.78 is 1.09. The van der Waals surface area contributed by atoms with E-state index < -0.39 is 5.69 Å². The molecule has 1 atom stereocenters. The number of piperazine rings is 1. The lowest BCUT2D eigenvalue weighted by atomic mass is 10.0. The molecule has 1 unspecified atom stereocenters. The Morgan fingerprint density at radius 2 is 1.84 bits per heavy atom. The second-order valence-electron chi connectivity index (χ2n) is 8.18. The van der Waals surface area contributed by atoms with Gasteiger partial charge < -0.3 is 15.2 Å². The molecule has 0 spiro atoms. The zero-order valence-corrected chi connectivity index (χ0v) is 18.8. The van der Waals surface area contributed by atoms with Crippen molar-refractivity contribution in [2.75, 3.05) is 38.1 Å². The number of nitrogens with zero attached hydrogens (tertiary/aromatic N) is 4. The van der Waals surface area contributed by atoms with Gasteiger partial charge in [-0.15, -0.1) is 0 Å². The summed E-state index contributed by atoms with van der Waals surface area (Å²) in [6.45, 7) is 7.48. The van der Waals surface area contributed by atoms with E-state index in [1.54, 1.807) is 19.2 Å². The first-order valence-electron chi connectivity index (χ1n) is 10.7. The van der Waals surface area contributed by atoms with Gasteiger partial charge >= 0.3 is 5.69 Å². The molecule has 2 aromatic heterocycles. The molecule has 0 bridgehead atoms. The molecule has 1 fully saturated rings. The van der Waals surface area contributed by atoms with Crippen LogP contribution in [0.2, 0.25) is 0 Å². The predicted molar refractivity (Wildman–Crippen MR) is 124 cm³/mol. The van der Waals surface area contributed by atoms with Gasteiger partial charge in [-0.3, -0.25) is 19.1 Å². The molecule has 2 N–H and O–H groups in total. The van der Waals surface area contributed by atoms with Crippen molar-refractivity contribution in [1.82, 2.24) is 24.8 Å².